The van der Waals surface area contributed by atoms with Crippen LogP contribution in [-0.2, 0) is 14.3 Å². The summed E-state index contributed by atoms with van der Waals surface area (Å²) >= 11 is 3.55. The van der Waals surface area contributed by atoms with E-state index in [4.69, 9.17) is 15.2 Å². The van der Waals surface area contributed by atoms with Gasteiger partial charge < -0.3 is 25.0 Å². The van der Waals surface area contributed by atoms with E-state index in [9.17, 15) is 9.59 Å². The number of aliphatic imine (C=N–C) groups is 1. The molecule has 2 aliphatic heterocycles. The summed E-state index contributed by atoms with van der Waals surface area (Å²) in [7, 11) is 0. The van der Waals surface area contributed by atoms with E-state index in [1.54, 1.807) is 4.90 Å². The van der Waals surface area contributed by atoms with Gasteiger partial charge in [0.1, 0.15) is 24.1 Å². The first-order valence-corrected chi connectivity index (χ1v) is 13.7. The van der Waals surface area contributed by atoms with Crippen molar-refractivity contribution in [1.29, 1.82) is 0 Å². The summed E-state index contributed by atoms with van der Waals surface area (Å²) in [4.78, 5) is 34.2. The fraction of sp³-hybridized carbons (Fsp3) is 0.593. The summed E-state index contributed by atoms with van der Waals surface area (Å²) < 4.78 is 13.0. The largest absolute Gasteiger partial charge is 0.490 e. The number of hydrogen-bond donors (Lipinski definition) is 1. The third-order valence-corrected chi connectivity index (χ3v) is 8.02. The Morgan fingerprint density at radius 2 is 1.83 bits per heavy atom. The monoisotopic (exact) mass is 560 g/mol. The van der Waals surface area contributed by atoms with Gasteiger partial charge in [0.2, 0.25) is 5.91 Å². The van der Waals surface area contributed by atoms with Crippen molar-refractivity contribution in [3.8, 4) is 5.75 Å². The summed E-state index contributed by atoms with van der Waals surface area (Å²) in [5, 5.41) is 0. The predicted molar refractivity (Wildman–Crippen MR) is 143 cm³/mol. The zero-order chi connectivity index (χ0) is 25.8. The number of benzene rings is 1. The van der Waals surface area contributed by atoms with Crippen LogP contribution in [0.4, 0.5) is 0 Å². The number of piperidine rings is 1. The van der Waals surface area contributed by atoms with Crippen molar-refractivity contribution in [2.75, 3.05) is 32.7 Å². The third-order valence-electron chi connectivity index (χ3n) is 7.16. The number of nitrogens with zero attached hydrogens (tertiary/aromatic N) is 3. The maximum absolute atomic E-state index is 13.1. The van der Waals surface area contributed by atoms with E-state index in [1.807, 2.05) is 43.9 Å². The lowest BCUT2D eigenvalue weighted by Crippen LogP contribution is -2.49. The van der Waals surface area contributed by atoms with Crippen LogP contribution in [0, 0.1) is 6.92 Å². The molecule has 2 atom stereocenters. The molecule has 2 heterocycles. The topological polar surface area (TPSA) is 97.5 Å². The van der Waals surface area contributed by atoms with E-state index in [-0.39, 0.29) is 42.4 Å². The Morgan fingerprint density at radius 3 is 2.53 bits per heavy atom. The van der Waals surface area contributed by atoms with Gasteiger partial charge in [0.15, 0.2) is 0 Å². The number of ether oxygens (including phenoxy) is 2. The predicted octanol–water partition coefficient (Wildman–Crippen LogP) is 3.60. The van der Waals surface area contributed by atoms with Crippen LogP contribution >= 0.6 is 15.9 Å². The fourth-order valence-electron chi connectivity index (χ4n) is 5.22. The summed E-state index contributed by atoms with van der Waals surface area (Å²) in [6.45, 7) is 8.41. The molecule has 1 aromatic rings. The van der Waals surface area contributed by atoms with E-state index in [2.05, 4.69) is 20.9 Å². The van der Waals surface area contributed by atoms with Gasteiger partial charge in [-0.2, -0.15) is 0 Å². The number of morpholine rings is 1. The molecule has 8 nitrogen and oxygen atoms in total. The lowest BCUT2D eigenvalue weighted by Gasteiger charge is -2.35. The molecule has 2 saturated heterocycles. The summed E-state index contributed by atoms with van der Waals surface area (Å²) in [5.74, 6) is 0.733. The average Bonchev–Trinajstić information content (AvgIpc) is 3.33. The second-order valence-electron chi connectivity index (χ2n) is 10.0. The van der Waals surface area contributed by atoms with Gasteiger partial charge in [0.25, 0.3) is 5.91 Å². The number of likely N-dealkylation sites (tertiary alicyclic amines) is 1. The van der Waals surface area contributed by atoms with E-state index in [0.29, 0.717) is 26.2 Å². The highest BCUT2D eigenvalue weighted by atomic mass is 79.9. The zero-order valence-electron chi connectivity index (χ0n) is 21.5. The van der Waals surface area contributed by atoms with Gasteiger partial charge in [0.05, 0.1) is 12.2 Å². The fourth-order valence-corrected chi connectivity index (χ4v) is 5.56. The number of nitrogens with two attached hydrogens (primary N) is 1. The Morgan fingerprint density at radius 1 is 1.14 bits per heavy atom. The summed E-state index contributed by atoms with van der Waals surface area (Å²) in [5.41, 5.74) is 9.29. The van der Waals surface area contributed by atoms with Crippen LogP contribution in [0.5, 0.6) is 5.75 Å². The van der Waals surface area contributed by atoms with Crippen LogP contribution in [0.15, 0.2) is 38.9 Å². The van der Waals surface area contributed by atoms with Gasteiger partial charge in [-0.25, -0.2) is 0 Å². The molecular formula is C27H37BrN4O4. The Hall–Kier alpha value is -2.39. The molecule has 2 N–H and O–H groups in total. The number of hydrogen-bond acceptors (Lipinski definition) is 6. The van der Waals surface area contributed by atoms with Crippen molar-refractivity contribution >= 4 is 33.5 Å². The summed E-state index contributed by atoms with van der Waals surface area (Å²) in [6, 6.07) is 5.96. The molecule has 2 amide bonds. The van der Waals surface area contributed by atoms with Gasteiger partial charge in [-0.1, -0.05) is 22.0 Å². The number of halogens is 1. The molecule has 0 radical (unpaired) electrons. The molecule has 1 saturated carbocycles. The first-order valence-electron chi connectivity index (χ1n) is 12.9. The van der Waals surface area contributed by atoms with E-state index >= 15 is 0 Å². The van der Waals surface area contributed by atoms with E-state index in [0.717, 1.165) is 59.2 Å². The minimum absolute atomic E-state index is 0.00608. The molecule has 9 heteroatoms. The highest BCUT2D eigenvalue weighted by Gasteiger charge is 2.30. The van der Waals surface area contributed by atoms with Crippen LogP contribution in [0.1, 0.15) is 51.5 Å². The lowest BCUT2D eigenvalue weighted by molar-refractivity contribution is -0.139. The second-order valence-corrected chi connectivity index (χ2v) is 10.9. The molecular weight excluding hydrogens is 524 g/mol. The van der Waals surface area contributed by atoms with Crippen molar-refractivity contribution in [1.82, 2.24) is 9.80 Å². The molecule has 3 fully saturated rings. The first-order chi connectivity index (χ1) is 17.2. The molecule has 1 aromatic carbocycles. The molecule has 3 aliphatic rings. The van der Waals surface area contributed by atoms with Crippen molar-refractivity contribution in [2.45, 2.75) is 71.2 Å². The minimum Gasteiger partial charge on any atom is -0.490 e. The van der Waals surface area contributed by atoms with E-state index in [1.165, 1.54) is 0 Å². The number of carbonyl (C=O) groups is 2. The van der Waals surface area contributed by atoms with Gasteiger partial charge in [0, 0.05) is 60.3 Å². The smallest absolute Gasteiger partial charge is 0.270 e. The first kappa shape index (κ1) is 26.7. The van der Waals surface area contributed by atoms with Crippen LogP contribution in [0.3, 0.4) is 0 Å². The van der Waals surface area contributed by atoms with Crippen LogP contribution in [-0.4, -0.2) is 78.4 Å². The van der Waals surface area contributed by atoms with Crippen molar-refractivity contribution < 1.29 is 19.1 Å². The maximum Gasteiger partial charge on any atom is 0.270 e. The highest BCUT2D eigenvalue weighted by Crippen LogP contribution is 2.28. The SMILES string of the molecule is Cc1c(Br)cccc1OC1CCN(C(=O)CN=C2CCC/C2=C(/N)C(=O)N2C[C@@H](C)O[C@@H](C)C2)CC1. The van der Waals surface area contributed by atoms with Crippen molar-refractivity contribution in [3.05, 3.63) is 39.5 Å². The van der Waals surface area contributed by atoms with Crippen LogP contribution in [0.25, 0.3) is 0 Å². The standard InChI is InChI=1S/C27H37BrN4O4/c1-17-15-32(16-18(2)35-17)27(34)26(29)21-6-4-8-23(21)30-14-25(33)31-12-10-20(11-13-31)36-24-9-5-7-22(28)19(24)3/h5,7,9,17-18,20H,4,6,8,10-16,29H2,1-3H3/b26-21-,30-23?/t17-,18+. The Bertz CT molecular complexity index is 1040. The number of allylic oxidation sites excluding steroid dienone is 1. The van der Waals surface area contributed by atoms with Crippen molar-refractivity contribution in [2.24, 2.45) is 10.7 Å². The number of carbonyl (C=O) groups excluding carboxylic acids is 2. The molecule has 0 unspecified atom stereocenters. The van der Waals surface area contributed by atoms with Gasteiger partial charge >= 0.3 is 0 Å². The summed E-state index contributed by atoms with van der Waals surface area (Å²) in [6.07, 6.45) is 4.00. The highest BCUT2D eigenvalue weighted by molar-refractivity contribution is 9.10. The average molecular weight is 562 g/mol. The maximum atomic E-state index is 13.1. The van der Waals surface area contributed by atoms with Crippen LogP contribution in [0.2, 0.25) is 0 Å². The quantitative estimate of drug-likeness (QED) is 0.555. The Kier molecular flexibility index (Phi) is 8.72. The molecule has 4 rings (SSSR count). The van der Waals surface area contributed by atoms with Gasteiger partial charge in [-0.15, -0.1) is 0 Å². The van der Waals surface area contributed by atoms with Crippen molar-refractivity contribution in [3.63, 3.8) is 0 Å². The number of amides is 2. The minimum atomic E-state index is -0.157. The normalized spacial score (nSPS) is 25.8. The molecule has 1 aliphatic carbocycles. The van der Waals surface area contributed by atoms with Gasteiger partial charge in [-0.05, 0) is 52.2 Å². The lowest BCUT2D eigenvalue weighted by atomic mass is 10.1. The zero-order valence-corrected chi connectivity index (χ0v) is 23.1. The molecule has 0 spiro atoms. The Balaban J connectivity index is 1.32. The molecule has 0 bridgehead atoms. The van der Waals surface area contributed by atoms with Crippen LogP contribution < -0.4 is 10.5 Å². The second kappa shape index (κ2) is 11.8. The van der Waals surface area contributed by atoms with E-state index < -0.39 is 0 Å². The molecule has 196 valence electrons. The van der Waals surface area contributed by atoms with Gasteiger partial charge in [-0.3, -0.25) is 14.6 Å². The Labute approximate surface area is 222 Å². The third kappa shape index (κ3) is 6.29. The number of rotatable bonds is 5. The molecule has 0 aromatic heterocycles. The molecule has 36 heavy (non-hydrogen) atoms.